The summed E-state index contributed by atoms with van der Waals surface area (Å²) in [5.41, 5.74) is 2.76. The minimum absolute atomic E-state index is 0.155. The van der Waals surface area contributed by atoms with Crippen LogP contribution >= 0.6 is 11.6 Å². The number of aromatic nitrogens is 2. The van der Waals surface area contributed by atoms with Crippen LogP contribution in [-0.4, -0.2) is 22.8 Å². The first kappa shape index (κ1) is 25.0. The van der Waals surface area contributed by atoms with Crippen LogP contribution in [0.25, 0.3) is 6.08 Å². The molecule has 6 nitrogen and oxygen atoms in total. The van der Waals surface area contributed by atoms with Crippen molar-refractivity contribution in [2.24, 2.45) is 0 Å². The normalized spacial score (nSPS) is 11.0. The van der Waals surface area contributed by atoms with E-state index in [1.807, 2.05) is 55.5 Å². The number of nitrogens with one attached hydrogen (secondary N) is 1. The Morgan fingerprint density at radius 2 is 1.92 bits per heavy atom. The lowest BCUT2D eigenvalue weighted by atomic mass is 10.1. The molecule has 184 valence electrons. The molecule has 0 spiro atoms. The smallest absolute Gasteiger partial charge is 0.249 e. The van der Waals surface area contributed by atoms with Crippen molar-refractivity contribution in [2.45, 2.75) is 20.1 Å². The molecule has 0 saturated carbocycles. The van der Waals surface area contributed by atoms with Crippen LogP contribution in [0, 0.1) is 12.7 Å². The van der Waals surface area contributed by atoms with E-state index in [2.05, 4.69) is 10.4 Å². The number of benzene rings is 3. The largest absolute Gasteiger partial charge is 0.496 e. The van der Waals surface area contributed by atoms with Gasteiger partial charge in [-0.2, -0.15) is 5.10 Å². The average Bonchev–Trinajstić information content (AvgIpc) is 3.22. The monoisotopic (exact) mass is 505 g/mol. The van der Waals surface area contributed by atoms with E-state index in [-0.39, 0.29) is 12.5 Å². The zero-order valence-electron chi connectivity index (χ0n) is 19.9. The van der Waals surface area contributed by atoms with Gasteiger partial charge in [0.05, 0.1) is 13.7 Å². The Hall–Kier alpha value is -4.10. The maximum atomic E-state index is 14.1. The summed E-state index contributed by atoms with van der Waals surface area (Å²) in [7, 11) is 1.60. The summed E-state index contributed by atoms with van der Waals surface area (Å²) >= 11 is 6.13. The first-order valence-electron chi connectivity index (χ1n) is 11.2. The van der Waals surface area contributed by atoms with Gasteiger partial charge in [0.25, 0.3) is 0 Å². The van der Waals surface area contributed by atoms with Crippen molar-refractivity contribution >= 4 is 29.4 Å². The molecule has 1 N–H and O–H groups in total. The third-order valence-corrected chi connectivity index (χ3v) is 5.83. The van der Waals surface area contributed by atoms with Crippen LogP contribution in [-0.2, 0) is 17.9 Å². The fourth-order valence-electron chi connectivity index (χ4n) is 3.60. The SMILES string of the molecule is COc1ccc(/C=C/C(=O)Nc2cc(C)n(Cc3c(F)cccc3Cl)n2)cc1COc1ccccc1. The predicted molar refractivity (Wildman–Crippen MR) is 139 cm³/mol. The van der Waals surface area contributed by atoms with Gasteiger partial charge in [-0.15, -0.1) is 0 Å². The molecule has 3 aromatic carbocycles. The number of anilines is 1. The number of halogens is 2. The fourth-order valence-corrected chi connectivity index (χ4v) is 3.82. The standard InChI is InChI=1S/C28H25ClFN3O3/c1-19-15-27(32-33(19)17-23-24(29)9-6-10-25(23)30)31-28(34)14-12-20-11-13-26(35-2)21(16-20)18-36-22-7-4-3-5-8-22/h3-16H,17-18H2,1-2H3,(H,31,32,34)/b14-12+. The van der Waals surface area contributed by atoms with E-state index in [0.717, 1.165) is 22.6 Å². The summed E-state index contributed by atoms with van der Waals surface area (Å²) in [4.78, 5) is 12.5. The Bertz CT molecular complexity index is 1370. The van der Waals surface area contributed by atoms with Crippen LogP contribution in [0.2, 0.25) is 5.02 Å². The number of aryl methyl sites for hydroxylation is 1. The molecule has 36 heavy (non-hydrogen) atoms. The molecule has 0 aliphatic carbocycles. The van der Waals surface area contributed by atoms with Gasteiger partial charge >= 0.3 is 0 Å². The molecule has 0 atom stereocenters. The minimum Gasteiger partial charge on any atom is -0.496 e. The van der Waals surface area contributed by atoms with Gasteiger partial charge in [-0.25, -0.2) is 4.39 Å². The van der Waals surface area contributed by atoms with Crippen LogP contribution in [0.1, 0.15) is 22.4 Å². The van der Waals surface area contributed by atoms with Gasteiger partial charge < -0.3 is 14.8 Å². The molecule has 1 amide bonds. The maximum absolute atomic E-state index is 14.1. The molecule has 8 heteroatoms. The Morgan fingerprint density at radius 1 is 1.11 bits per heavy atom. The highest BCUT2D eigenvalue weighted by atomic mass is 35.5. The quantitative estimate of drug-likeness (QED) is 0.272. The Labute approximate surface area is 213 Å². The first-order valence-corrected chi connectivity index (χ1v) is 11.6. The third kappa shape index (κ3) is 6.31. The molecule has 0 saturated heterocycles. The zero-order valence-corrected chi connectivity index (χ0v) is 20.6. The second-order valence-electron chi connectivity index (χ2n) is 8.02. The van der Waals surface area contributed by atoms with Crippen molar-refractivity contribution in [1.29, 1.82) is 0 Å². The molecule has 0 radical (unpaired) electrons. The van der Waals surface area contributed by atoms with E-state index in [1.54, 1.807) is 36.1 Å². The number of ether oxygens (including phenoxy) is 2. The van der Waals surface area contributed by atoms with Crippen molar-refractivity contribution in [2.75, 3.05) is 12.4 Å². The molecule has 0 unspecified atom stereocenters. The van der Waals surface area contributed by atoms with Gasteiger partial charge in [0.15, 0.2) is 5.82 Å². The molecule has 0 bridgehead atoms. The third-order valence-electron chi connectivity index (χ3n) is 5.47. The van der Waals surface area contributed by atoms with Crippen LogP contribution in [0.5, 0.6) is 11.5 Å². The van der Waals surface area contributed by atoms with Crippen LogP contribution < -0.4 is 14.8 Å². The number of hydrogen-bond acceptors (Lipinski definition) is 4. The number of carbonyl (C=O) groups is 1. The number of hydrogen-bond donors (Lipinski definition) is 1. The number of para-hydroxylation sites is 1. The van der Waals surface area contributed by atoms with Gasteiger partial charge in [0.2, 0.25) is 5.91 Å². The van der Waals surface area contributed by atoms with Crippen molar-refractivity contribution in [3.8, 4) is 11.5 Å². The number of nitrogens with zero attached hydrogens (tertiary/aromatic N) is 2. The second kappa shape index (κ2) is 11.6. The van der Waals surface area contributed by atoms with Crippen molar-refractivity contribution in [1.82, 2.24) is 9.78 Å². The van der Waals surface area contributed by atoms with Crippen molar-refractivity contribution in [3.63, 3.8) is 0 Å². The van der Waals surface area contributed by atoms with Crippen LogP contribution in [0.15, 0.2) is 78.9 Å². The molecule has 0 aliphatic heterocycles. The summed E-state index contributed by atoms with van der Waals surface area (Å²) in [5, 5.41) is 7.43. The highest BCUT2D eigenvalue weighted by Crippen LogP contribution is 2.24. The second-order valence-corrected chi connectivity index (χ2v) is 8.43. The Kier molecular flexibility index (Phi) is 8.02. The number of amides is 1. The van der Waals surface area contributed by atoms with Gasteiger partial charge in [-0.1, -0.05) is 41.9 Å². The number of rotatable bonds is 9. The lowest BCUT2D eigenvalue weighted by Crippen LogP contribution is -2.10. The average molecular weight is 506 g/mol. The summed E-state index contributed by atoms with van der Waals surface area (Å²) in [6.07, 6.45) is 3.12. The summed E-state index contributed by atoms with van der Waals surface area (Å²) < 4.78 is 27.0. The van der Waals surface area contributed by atoms with E-state index in [9.17, 15) is 9.18 Å². The van der Waals surface area contributed by atoms with Gasteiger partial charge in [-0.05, 0) is 55.0 Å². The maximum Gasteiger partial charge on any atom is 0.249 e. The highest BCUT2D eigenvalue weighted by Gasteiger charge is 2.12. The molecule has 0 aliphatic rings. The summed E-state index contributed by atoms with van der Waals surface area (Å²) in [5.74, 6) is 1.07. The van der Waals surface area contributed by atoms with Crippen molar-refractivity contribution in [3.05, 3.63) is 112 Å². The Balaban J connectivity index is 1.41. The molecule has 0 fully saturated rings. The number of carbonyl (C=O) groups excluding carboxylic acids is 1. The van der Waals surface area contributed by atoms with Crippen molar-refractivity contribution < 1.29 is 18.7 Å². The van der Waals surface area contributed by atoms with E-state index >= 15 is 0 Å². The Morgan fingerprint density at radius 3 is 2.67 bits per heavy atom. The van der Waals surface area contributed by atoms with Gasteiger partial charge in [-0.3, -0.25) is 9.48 Å². The highest BCUT2D eigenvalue weighted by molar-refractivity contribution is 6.31. The van der Waals surface area contributed by atoms with Crippen LogP contribution in [0.4, 0.5) is 10.2 Å². The molecular weight excluding hydrogens is 481 g/mol. The summed E-state index contributed by atoms with van der Waals surface area (Å²) in [6, 6.07) is 21.3. The zero-order chi connectivity index (χ0) is 25.5. The molecule has 4 aromatic rings. The van der Waals surface area contributed by atoms with Gasteiger partial charge in [0.1, 0.15) is 23.9 Å². The van der Waals surface area contributed by atoms with E-state index in [0.29, 0.717) is 28.8 Å². The van der Waals surface area contributed by atoms with Gasteiger partial charge in [0, 0.05) is 34.0 Å². The fraction of sp³-hybridized carbons (Fsp3) is 0.143. The molecular formula is C28H25ClFN3O3. The van der Waals surface area contributed by atoms with E-state index in [1.165, 1.54) is 12.1 Å². The first-order chi connectivity index (χ1) is 17.4. The predicted octanol–water partition coefficient (Wildman–Crippen LogP) is 6.27. The topological polar surface area (TPSA) is 65.4 Å². The molecule has 1 heterocycles. The van der Waals surface area contributed by atoms with E-state index in [4.69, 9.17) is 21.1 Å². The van der Waals surface area contributed by atoms with E-state index < -0.39 is 5.82 Å². The molecule has 4 rings (SSSR count). The number of methoxy groups -OCH3 is 1. The molecule has 1 aromatic heterocycles. The van der Waals surface area contributed by atoms with Crippen LogP contribution in [0.3, 0.4) is 0 Å². The minimum atomic E-state index is -0.404. The lowest BCUT2D eigenvalue weighted by Gasteiger charge is -2.11. The summed E-state index contributed by atoms with van der Waals surface area (Å²) in [6.45, 7) is 2.30. The lowest BCUT2D eigenvalue weighted by molar-refractivity contribution is -0.111.